The molecule has 0 aromatic heterocycles. The molecule has 2 aromatic carbocycles. The van der Waals surface area contributed by atoms with Gasteiger partial charge in [-0.15, -0.1) is 0 Å². The van der Waals surface area contributed by atoms with E-state index in [0.29, 0.717) is 21.9 Å². The zero-order valence-corrected chi connectivity index (χ0v) is 14.6. The number of aliphatic carboxylic acids is 1. The number of hydrogen-bond acceptors (Lipinski definition) is 4. The van der Waals surface area contributed by atoms with Gasteiger partial charge >= 0.3 is 5.97 Å². The van der Waals surface area contributed by atoms with Crippen LogP contribution < -0.4 is 4.74 Å². The second kappa shape index (κ2) is 7.21. The first-order valence-electron chi connectivity index (χ1n) is 6.89. The van der Waals surface area contributed by atoms with Crippen LogP contribution in [0.2, 0.25) is 5.02 Å². The molecule has 0 saturated carbocycles. The van der Waals surface area contributed by atoms with Crippen molar-refractivity contribution in [2.45, 2.75) is 4.90 Å². The third-order valence-electron chi connectivity index (χ3n) is 3.22. The van der Waals surface area contributed by atoms with Gasteiger partial charge in [-0.3, -0.25) is 0 Å². The van der Waals surface area contributed by atoms with Crippen molar-refractivity contribution in [3.8, 4) is 16.9 Å². The van der Waals surface area contributed by atoms with Gasteiger partial charge in [0.1, 0.15) is 5.75 Å². The fourth-order valence-corrected chi connectivity index (χ4v) is 3.15. The van der Waals surface area contributed by atoms with Gasteiger partial charge in [-0.05, 0) is 35.9 Å². The number of ether oxygens (including phenoxy) is 1. The SMILES string of the molecule is CN(C)S(=O)(=O)c1cccc(-c2cc(Cl)ccc2OCC(=O)O)c1. The lowest BCUT2D eigenvalue weighted by Crippen LogP contribution is -2.22. The summed E-state index contributed by atoms with van der Waals surface area (Å²) in [7, 11) is -0.696. The molecule has 2 aromatic rings. The molecule has 0 heterocycles. The summed E-state index contributed by atoms with van der Waals surface area (Å²) in [5, 5.41) is 9.19. The van der Waals surface area contributed by atoms with Crippen LogP contribution >= 0.6 is 11.6 Å². The van der Waals surface area contributed by atoms with E-state index < -0.39 is 22.6 Å². The average molecular weight is 370 g/mol. The van der Waals surface area contributed by atoms with E-state index in [0.717, 1.165) is 4.31 Å². The predicted octanol–water partition coefficient (Wildman–Crippen LogP) is 2.72. The van der Waals surface area contributed by atoms with Gasteiger partial charge in [0.25, 0.3) is 0 Å². The van der Waals surface area contributed by atoms with E-state index in [-0.39, 0.29) is 4.90 Å². The van der Waals surface area contributed by atoms with E-state index in [4.69, 9.17) is 21.4 Å². The Kier molecular flexibility index (Phi) is 5.48. The van der Waals surface area contributed by atoms with Crippen molar-refractivity contribution < 1.29 is 23.1 Å². The minimum Gasteiger partial charge on any atom is -0.481 e. The Hall–Kier alpha value is -2.09. The third-order valence-corrected chi connectivity index (χ3v) is 5.26. The number of hydrogen-bond donors (Lipinski definition) is 1. The maximum Gasteiger partial charge on any atom is 0.341 e. The van der Waals surface area contributed by atoms with Crippen LogP contribution in [0.15, 0.2) is 47.4 Å². The van der Waals surface area contributed by atoms with Gasteiger partial charge in [0.05, 0.1) is 4.90 Å². The third kappa shape index (κ3) is 4.05. The molecule has 0 aliphatic carbocycles. The quantitative estimate of drug-likeness (QED) is 0.846. The fourth-order valence-electron chi connectivity index (χ4n) is 2.03. The normalized spacial score (nSPS) is 11.5. The Morgan fingerprint density at radius 1 is 1.21 bits per heavy atom. The molecule has 0 fully saturated rings. The zero-order chi connectivity index (χ0) is 17.9. The van der Waals surface area contributed by atoms with E-state index >= 15 is 0 Å². The van der Waals surface area contributed by atoms with Gasteiger partial charge in [-0.1, -0.05) is 23.7 Å². The van der Waals surface area contributed by atoms with Crippen LogP contribution in [0.1, 0.15) is 0 Å². The zero-order valence-electron chi connectivity index (χ0n) is 13.1. The summed E-state index contributed by atoms with van der Waals surface area (Å²) >= 11 is 6.01. The number of halogens is 1. The predicted molar refractivity (Wildman–Crippen MR) is 90.9 cm³/mol. The molecule has 1 N–H and O–H groups in total. The highest BCUT2D eigenvalue weighted by Gasteiger charge is 2.18. The monoisotopic (exact) mass is 369 g/mol. The van der Waals surface area contributed by atoms with Crippen molar-refractivity contribution in [2.75, 3.05) is 20.7 Å². The Morgan fingerprint density at radius 3 is 2.54 bits per heavy atom. The number of rotatable bonds is 6. The molecule has 0 aliphatic rings. The van der Waals surface area contributed by atoms with Crippen LogP contribution in [0.25, 0.3) is 11.1 Å². The Balaban J connectivity index is 2.52. The standard InChI is InChI=1S/C16H16ClNO5S/c1-18(2)24(21,22)13-5-3-4-11(8-13)14-9-12(17)6-7-15(14)23-10-16(19)20/h3-9H,10H2,1-2H3,(H,19,20). The van der Waals surface area contributed by atoms with Crippen molar-refractivity contribution in [3.05, 3.63) is 47.5 Å². The van der Waals surface area contributed by atoms with Gasteiger partial charge in [0, 0.05) is 24.7 Å². The summed E-state index contributed by atoms with van der Waals surface area (Å²) in [6, 6.07) is 11.0. The Bertz CT molecular complexity index is 865. The molecule has 0 amide bonds. The molecule has 0 bridgehead atoms. The van der Waals surface area contributed by atoms with Gasteiger partial charge in [-0.2, -0.15) is 0 Å². The van der Waals surface area contributed by atoms with Crippen LogP contribution in [0, 0.1) is 0 Å². The maximum atomic E-state index is 12.3. The number of carboxylic acid groups (broad SMARTS) is 1. The fraction of sp³-hybridized carbons (Fsp3) is 0.188. The molecule has 0 unspecified atom stereocenters. The van der Waals surface area contributed by atoms with Crippen molar-refractivity contribution in [2.24, 2.45) is 0 Å². The highest BCUT2D eigenvalue weighted by atomic mass is 35.5. The van der Waals surface area contributed by atoms with Crippen LogP contribution in [0.4, 0.5) is 0 Å². The average Bonchev–Trinajstić information content (AvgIpc) is 2.53. The van der Waals surface area contributed by atoms with E-state index in [9.17, 15) is 13.2 Å². The Morgan fingerprint density at radius 2 is 1.92 bits per heavy atom. The summed E-state index contributed by atoms with van der Waals surface area (Å²) in [5.74, 6) is -0.805. The molecule has 0 radical (unpaired) electrons. The molecule has 0 spiro atoms. The summed E-state index contributed by atoms with van der Waals surface area (Å²) < 4.78 is 30.9. The smallest absolute Gasteiger partial charge is 0.341 e. The van der Waals surface area contributed by atoms with Crippen molar-refractivity contribution in [3.63, 3.8) is 0 Å². The van der Waals surface area contributed by atoms with Gasteiger partial charge in [-0.25, -0.2) is 17.5 Å². The van der Waals surface area contributed by atoms with Gasteiger partial charge < -0.3 is 9.84 Å². The first kappa shape index (κ1) is 18.3. The number of sulfonamides is 1. The highest BCUT2D eigenvalue weighted by molar-refractivity contribution is 7.89. The van der Waals surface area contributed by atoms with Crippen molar-refractivity contribution in [1.82, 2.24) is 4.31 Å². The second-order valence-electron chi connectivity index (χ2n) is 5.14. The molecule has 6 nitrogen and oxygen atoms in total. The highest BCUT2D eigenvalue weighted by Crippen LogP contribution is 2.34. The largest absolute Gasteiger partial charge is 0.481 e. The van der Waals surface area contributed by atoms with E-state index in [1.807, 2.05) is 0 Å². The first-order chi connectivity index (χ1) is 11.2. The molecule has 2 rings (SSSR count). The summed E-state index contributed by atoms with van der Waals surface area (Å²) in [5.41, 5.74) is 1.07. The van der Waals surface area contributed by atoms with Crippen LogP contribution in [-0.2, 0) is 14.8 Å². The van der Waals surface area contributed by atoms with E-state index in [2.05, 4.69) is 0 Å². The topological polar surface area (TPSA) is 83.9 Å². The van der Waals surface area contributed by atoms with Crippen molar-refractivity contribution >= 4 is 27.6 Å². The van der Waals surface area contributed by atoms with E-state index in [1.54, 1.807) is 30.3 Å². The number of nitrogens with zero attached hydrogens (tertiary/aromatic N) is 1. The molecule has 24 heavy (non-hydrogen) atoms. The number of carboxylic acids is 1. The first-order valence-corrected chi connectivity index (χ1v) is 8.70. The molecule has 0 atom stereocenters. The molecule has 0 saturated heterocycles. The molecule has 0 aliphatic heterocycles. The summed E-state index contributed by atoms with van der Waals surface area (Å²) in [6.07, 6.45) is 0. The molecular formula is C16H16ClNO5S. The lowest BCUT2D eigenvalue weighted by Gasteiger charge is -2.14. The summed E-state index contributed by atoms with van der Waals surface area (Å²) in [6.45, 7) is -0.510. The molecule has 8 heteroatoms. The maximum absolute atomic E-state index is 12.3. The Labute approximate surface area is 145 Å². The summed E-state index contributed by atoms with van der Waals surface area (Å²) in [4.78, 5) is 10.8. The molecular weight excluding hydrogens is 354 g/mol. The number of carbonyl (C=O) groups is 1. The van der Waals surface area contributed by atoms with Crippen LogP contribution in [0.5, 0.6) is 5.75 Å². The number of benzene rings is 2. The van der Waals surface area contributed by atoms with E-state index in [1.165, 1.54) is 26.2 Å². The lowest BCUT2D eigenvalue weighted by atomic mass is 10.0. The van der Waals surface area contributed by atoms with Gasteiger partial charge in [0.2, 0.25) is 10.0 Å². The van der Waals surface area contributed by atoms with Crippen molar-refractivity contribution in [1.29, 1.82) is 0 Å². The second-order valence-corrected chi connectivity index (χ2v) is 7.73. The minimum absolute atomic E-state index is 0.120. The van der Waals surface area contributed by atoms with Crippen LogP contribution in [-0.4, -0.2) is 44.5 Å². The van der Waals surface area contributed by atoms with Crippen LogP contribution in [0.3, 0.4) is 0 Å². The lowest BCUT2D eigenvalue weighted by molar-refractivity contribution is -0.139. The minimum atomic E-state index is -3.59. The van der Waals surface area contributed by atoms with Gasteiger partial charge in [0.15, 0.2) is 6.61 Å². The molecule has 128 valence electrons.